The number of urea groups is 1. The van der Waals surface area contributed by atoms with Gasteiger partial charge in [0.1, 0.15) is 24.5 Å². The van der Waals surface area contributed by atoms with Crippen LogP contribution in [0.4, 0.5) is 10.5 Å². The fourth-order valence-electron chi connectivity index (χ4n) is 4.27. The van der Waals surface area contributed by atoms with Crippen LogP contribution in [0.3, 0.4) is 0 Å². The summed E-state index contributed by atoms with van der Waals surface area (Å²) in [6, 6.07) is 25.8. The number of imide groups is 2. The van der Waals surface area contributed by atoms with Crippen molar-refractivity contribution in [3.63, 3.8) is 0 Å². The van der Waals surface area contributed by atoms with Gasteiger partial charge in [-0.3, -0.25) is 14.9 Å². The summed E-state index contributed by atoms with van der Waals surface area (Å²) in [4.78, 5) is 39.7. The van der Waals surface area contributed by atoms with E-state index in [1.165, 1.54) is 6.08 Å². The SMILES string of the molecule is CCOc1cc(/C=C2\C(=O)NC(=O)N(c3ccc(OCc4ccccc4Cl)cc3)C2=O)ccc1OCc1ccc(Br)cc1. The first-order valence-electron chi connectivity index (χ1n) is 13.3. The summed E-state index contributed by atoms with van der Waals surface area (Å²) in [5.41, 5.74) is 2.40. The van der Waals surface area contributed by atoms with Crippen molar-refractivity contribution in [2.45, 2.75) is 20.1 Å². The molecule has 8 nitrogen and oxygen atoms in total. The highest BCUT2D eigenvalue weighted by Gasteiger charge is 2.36. The Morgan fingerprint density at radius 3 is 2.30 bits per heavy atom. The fourth-order valence-corrected chi connectivity index (χ4v) is 4.72. The van der Waals surface area contributed by atoms with E-state index >= 15 is 0 Å². The number of benzene rings is 4. The van der Waals surface area contributed by atoms with Gasteiger partial charge in [0.15, 0.2) is 11.5 Å². The van der Waals surface area contributed by atoms with Crippen LogP contribution >= 0.6 is 27.5 Å². The molecule has 1 heterocycles. The standard InChI is InChI=1S/C33H26BrClN2O6/c1-2-41-30-18-22(9-16-29(30)43-19-21-7-10-24(34)11-8-21)17-27-31(38)36-33(40)37(32(27)39)25-12-14-26(15-13-25)42-20-23-5-3-4-6-28(23)35/h3-18H,2,19-20H2,1H3,(H,36,38,40)/b27-17+. The third kappa shape index (κ3) is 7.25. The van der Waals surface area contributed by atoms with Gasteiger partial charge in [0, 0.05) is 15.1 Å². The van der Waals surface area contributed by atoms with E-state index in [9.17, 15) is 14.4 Å². The second-order valence-corrected chi connectivity index (χ2v) is 10.7. The molecular formula is C33H26BrClN2O6. The summed E-state index contributed by atoms with van der Waals surface area (Å²) in [6.07, 6.45) is 1.42. The van der Waals surface area contributed by atoms with Crippen LogP contribution in [0, 0.1) is 0 Å². The second kappa shape index (κ2) is 13.6. The molecule has 1 N–H and O–H groups in total. The summed E-state index contributed by atoms with van der Waals surface area (Å²) >= 11 is 9.61. The maximum Gasteiger partial charge on any atom is 0.335 e. The van der Waals surface area contributed by atoms with Crippen molar-refractivity contribution in [3.05, 3.63) is 123 Å². The molecule has 4 amide bonds. The molecule has 0 saturated carbocycles. The number of rotatable bonds is 10. The minimum absolute atomic E-state index is 0.204. The number of ether oxygens (including phenoxy) is 3. The van der Waals surface area contributed by atoms with Gasteiger partial charge in [-0.15, -0.1) is 0 Å². The molecule has 4 aromatic rings. The molecule has 4 aromatic carbocycles. The first-order valence-corrected chi connectivity index (χ1v) is 14.5. The second-order valence-electron chi connectivity index (χ2n) is 9.39. The fraction of sp³-hybridized carbons (Fsp3) is 0.121. The Hall–Kier alpha value is -4.60. The number of anilines is 1. The van der Waals surface area contributed by atoms with Crippen molar-refractivity contribution >= 4 is 57.1 Å². The quantitative estimate of drug-likeness (QED) is 0.141. The Morgan fingerprint density at radius 2 is 1.58 bits per heavy atom. The maximum absolute atomic E-state index is 13.4. The number of amides is 4. The molecule has 1 aliphatic rings. The summed E-state index contributed by atoms with van der Waals surface area (Å²) in [7, 11) is 0. The van der Waals surface area contributed by atoms with E-state index in [2.05, 4.69) is 21.2 Å². The lowest BCUT2D eigenvalue weighted by Crippen LogP contribution is -2.54. The Morgan fingerprint density at radius 1 is 0.837 bits per heavy atom. The number of hydrogen-bond acceptors (Lipinski definition) is 6. The van der Waals surface area contributed by atoms with Crippen molar-refractivity contribution in [1.29, 1.82) is 0 Å². The maximum atomic E-state index is 13.4. The van der Waals surface area contributed by atoms with E-state index in [1.54, 1.807) is 48.5 Å². The number of nitrogens with zero attached hydrogens (tertiary/aromatic N) is 1. The summed E-state index contributed by atoms with van der Waals surface area (Å²) in [6.45, 7) is 2.81. The van der Waals surface area contributed by atoms with Crippen molar-refractivity contribution in [1.82, 2.24) is 5.32 Å². The number of hydrogen-bond donors (Lipinski definition) is 1. The van der Waals surface area contributed by atoms with Crippen molar-refractivity contribution in [2.24, 2.45) is 0 Å². The number of carbonyl (C=O) groups is 3. The highest BCUT2D eigenvalue weighted by molar-refractivity contribution is 9.10. The van der Waals surface area contributed by atoms with Gasteiger partial charge in [-0.1, -0.05) is 63.9 Å². The molecule has 10 heteroatoms. The van der Waals surface area contributed by atoms with Crippen LogP contribution in [0.1, 0.15) is 23.6 Å². The Balaban J connectivity index is 1.32. The zero-order valence-corrected chi connectivity index (χ0v) is 25.4. The number of carbonyl (C=O) groups excluding carboxylic acids is 3. The molecule has 43 heavy (non-hydrogen) atoms. The molecule has 1 aliphatic heterocycles. The minimum atomic E-state index is -0.844. The first-order chi connectivity index (χ1) is 20.8. The van der Waals surface area contributed by atoms with Gasteiger partial charge >= 0.3 is 6.03 Å². The van der Waals surface area contributed by atoms with Crippen LogP contribution in [0.5, 0.6) is 17.2 Å². The minimum Gasteiger partial charge on any atom is -0.490 e. The predicted octanol–water partition coefficient (Wildman–Crippen LogP) is 7.33. The van der Waals surface area contributed by atoms with Gasteiger partial charge in [0.2, 0.25) is 0 Å². The van der Waals surface area contributed by atoms with E-state index in [0.717, 1.165) is 20.5 Å². The van der Waals surface area contributed by atoms with E-state index in [-0.39, 0.29) is 17.9 Å². The molecule has 5 rings (SSSR count). The van der Waals surface area contributed by atoms with Crippen LogP contribution in [0.15, 0.2) is 101 Å². The molecule has 1 saturated heterocycles. The lowest BCUT2D eigenvalue weighted by molar-refractivity contribution is -0.122. The molecule has 0 bridgehead atoms. The highest BCUT2D eigenvalue weighted by Crippen LogP contribution is 2.31. The van der Waals surface area contributed by atoms with Gasteiger partial charge in [-0.05, 0) is 78.7 Å². The van der Waals surface area contributed by atoms with Gasteiger partial charge < -0.3 is 14.2 Å². The molecule has 0 atom stereocenters. The molecule has 0 radical (unpaired) electrons. The number of barbiturate groups is 1. The predicted molar refractivity (Wildman–Crippen MR) is 167 cm³/mol. The largest absolute Gasteiger partial charge is 0.490 e. The van der Waals surface area contributed by atoms with Crippen LogP contribution in [-0.4, -0.2) is 24.5 Å². The van der Waals surface area contributed by atoms with Crippen molar-refractivity contribution in [2.75, 3.05) is 11.5 Å². The monoisotopic (exact) mass is 660 g/mol. The van der Waals surface area contributed by atoms with Crippen LogP contribution in [-0.2, 0) is 22.8 Å². The Bertz CT molecular complexity index is 1690. The van der Waals surface area contributed by atoms with Crippen molar-refractivity contribution < 1.29 is 28.6 Å². The average Bonchev–Trinajstić information content (AvgIpc) is 3.00. The zero-order chi connectivity index (χ0) is 30.3. The van der Waals surface area contributed by atoms with Gasteiger partial charge in [-0.25, -0.2) is 9.69 Å². The molecule has 0 unspecified atom stereocenters. The average molecular weight is 662 g/mol. The summed E-state index contributed by atoms with van der Waals surface area (Å²) in [5.74, 6) is -0.0596. The van der Waals surface area contributed by atoms with E-state index < -0.39 is 17.8 Å². The van der Waals surface area contributed by atoms with Gasteiger partial charge in [0.05, 0.1) is 12.3 Å². The zero-order valence-electron chi connectivity index (χ0n) is 23.0. The molecule has 0 spiro atoms. The van der Waals surface area contributed by atoms with E-state index in [4.69, 9.17) is 25.8 Å². The smallest absolute Gasteiger partial charge is 0.335 e. The first kappa shape index (κ1) is 29.9. The molecule has 1 fully saturated rings. The summed E-state index contributed by atoms with van der Waals surface area (Å²) in [5, 5.41) is 2.84. The van der Waals surface area contributed by atoms with Crippen LogP contribution < -0.4 is 24.4 Å². The molecule has 0 aromatic heterocycles. The number of nitrogens with one attached hydrogen (secondary N) is 1. The molecule has 0 aliphatic carbocycles. The van der Waals surface area contributed by atoms with Gasteiger partial charge in [-0.2, -0.15) is 0 Å². The Kier molecular flexibility index (Phi) is 9.44. The Labute approximate surface area is 261 Å². The third-order valence-electron chi connectivity index (χ3n) is 6.43. The molecular weight excluding hydrogens is 636 g/mol. The topological polar surface area (TPSA) is 94.2 Å². The summed E-state index contributed by atoms with van der Waals surface area (Å²) < 4.78 is 18.5. The van der Waals surface area contributed by atoms with Crippen LogP contribution in [0.25, 0.3) is 6.08 Å². The van der Waals surface area contributed by atoms with Crippen molar-refractivity contribution in [3.8, 4) is 17.2 Å². The van der Waals surface area contributed by atoms with Crippen LogP contribution in [0.2, 0.25) is 5.02 Å². The van der Waals surface area contributed by atoms with E-state index in [0.29, 0.717) is 41.0 Å². The lowest BCUT2D eigenvalue weighted by atomic mass is 10.1. The van der Waals surface area contributed by atoms with E-state index in [1.807, 2.05) is 49.4 Å². The number of halogens is 2. The normalized spacial score (nSPS) is 14.1. The lowest BCUT2D eigenvalue weighted by Gasteiger charge is -2.26. The van der Waals surface area contributed by atoms with Gasteiger partial charge in [0.25, 0.3) is 11.8 Å². The molecule has 218 valence electrons. The third-order valence-corrected chi connectivity index (χ3v) is 7.33. The highest BCUT2D eigenvalue weighted by atomic mass is 79.9.